The van der Waals surface area contributed by atoms with Crippen LogP contribution in [0.3, 0.4) is 0 Å². The summed E-state index contributed by atoms with van der Waals surface area (Å²) in [5, 5.41) is 0. The molecule has 0 atom stereocenters. The molecule has 0 aliphatic carbocycles. The maximum atomic E-state index is 11.3. The van der Waals surface area contributed by atoms with E-state index >= 15 is 0 Å². The molecule has 3 heteroatoms. The number of hydrogen-bond donors (Lipinski definition) is 0. The standard InChI is InChI=1S/C10H16O3/c1-7(2)8(6-11)13-9(12)10(3,4)5/h6H,1-5H3. The van der Waals surface area contributed by atoms with Crippen LogP contribution >= 0.6 is 0 Å². The van der Waals surface area contributed by atoms with Crippen LogP contribution in [0.2, 0.25) is 0 Å². The van der Waals surface area contributed by atoms with Crippen molar-refractivity contribution in [2.24, 2.45) is 5.41 Å². The van der Waals surface area contributed by atoms with Crippen LogP contribution in [0.25, 0.3) is 0 Å². The molecule has 0 N–H and O–H groups in total. The summed E-state index contributed by atoms with van der Waals surface area (Å²) in [6.07, 6.45) is 0.555. The Kier molecular flexibility index (Phi) is 3.85. The van der Waals surface area contributed by atoms with Crippen molar-refractivity contribution in [1.29, 1.82) is 0 Å². The predicted molar refractivity (Wildman–Crippen MR) is 50.0 cm³/mol. The van der Waals surface area contributed by atoms with Gasteiger partial charge in [0.15, 0.2) is 12.0 Å². The molecule has 0 aliphatic heterocycles. The summed E-state index contributed by atoms with van der Waals surface area (Å²) in [6.45, 7) is 8.66. The second-order valence-electron chi connectivity index (χ2n) is 4.12. The number of allylic oxidation sites excluding steroid dienone is 2. The van der Waals surface area contributed by atoms with E-state index < -0.39 is 11.4 Å². The van der Waals surface area contributed by atoms with Crippen molar-refractivity contribution >= 4 is 12.3 Å². The number of carbonyl (C=O) groups excluding carboxylic acids is 2. The molecule has 0 aromatic rings. The molecule has 0 spiro atoms. The van der Waals surface area contributed by atoms with Gasteiger partial charge in [0, 0.05) is 0 Å². The molecule has 0 aliphatic rings. The molecule has 0 aromatic heterocycles. The van der Waals surface area contributed by atoms with Crippen molar-refractivity contribution in [3.63, 3.8) is 0 Å². The van der Waals surface area contributed by atoms with Gasteiger partial charge in [-0.15, -0.1) is 0 Å². The molecule has 0 amide bonds. The lowest BCUT2D eigenvalue weighted by Gasteiger charge is -2.16. The van der Waals surface area contributed by atoms with Gasteiger partial charge in [0.1, 0.15) is 0 Å². The number of hydrogen-bond acceptors (Lipinski definition) is 3. The summed E-state index contributed by atoms with van der Waals surface area (Å²) in [5.74, 6) is -0.282. The lowest BCUT2D eigenvalue weighted by Crippen LogP contribution is -2.23. The summed E-state index contributed by atoms with van der Waals surface area (Å²) >= 11 is 0. The van der Waals surface area contributed by atoms with Crippen molar-refractivity contribution in [2.45, 2.75) is 34.6 Å². The molecule has 0 fully saturated rings. The first-order chi connectivity index (χ1) is 5.79. The van der Waals surface area contributed by atoms with Gasteiger partial charge in [-0.3, -0.25) is 9.59 Å². The average molecular weight is 184 g/mol. The van der Waals surface area contributed by atoms with E-state index in [1.165, 1.54) is 0 Å². The summed E-state index contributed by atoms with van der Waals surface area (Å²) in [4.78, 5) is 21.8. The van der Waals surface area contributed by atoms with E-state index in [9.17, 15) is 9.59 Å². The highest BCUT2D eigenvalue weighted by Gasteiger charge is 2.24. The molecule has 3 nitrogen and oxygen atoms in total. The number of rotatable bonds is 2. The minimum Gasteiger partial charge on any atom is -0.423 e. The molecule has 0 bridgehead atoms. The van der Waals surface area contributed by atoms with Gasteiger partial charge in [-0.1, -0.05) is 0 Å². The maximum absolute atomic E-state index is 11.3. The molecule has 0 saturated heterocycles. The lowest BCUT2D eigenvalue weighted by molar-refractivity contribution is -0.149. The van der Waals surface area contributed by atoms with E-state index in [1.807, 2.05) is 0 Å². The lowest BCUT2D eigenvalue weighted by atomic mass is 9.97. The molecule has 74 valence electrons. The minimum absolute atomic E-state index is 0.111. The van der Waals surface area contributed by atoms with Crippen molar-refractivity contribution in [1.82, 2.24) is 0 Å². The Morgan fingerprint density at radius 2 is 1.69 bits per heavy atom. The second-order valence-corrected chi connectivity index (χ2v) is 4.12. The zero-order valence-corrected chi connectivity index (χ0v) is 8.80. The van der Waals surface area contributed by atoms with Gasteiger partial charge >= 0.3 is 5.97 Å². The minimum atomic E-state index is -0.580. The van der Waals surface area contributed by atoms with Crippen LogP contribution in [-0.4, -0.2) is 12.3 Å². The van der Waals surface area contributed by atoms with Crippen molar-refractivity contribution < 1.29 is 14.3 Å². The Bertz CT molecular complexity index is 239. The highest BCUT2D eigenvalue weighted by Crippen LogP contribution is 2.17. The summed E-state index contributed by atoms with van der Waals surface area (Å²) in [6, 6.07) is 0. The third-order valence-corrected chi connectivity index (χ3v) is 1.41. The van der Waals surface area contributed by atoms with E-state index in [0.717, 1.165) is 0 Å². The zero-order valence-electron chi connectivity index (χ0n) is 8.80. The predicted octanol–water partition coefficient (Wildman–Crippen LogP) is 2.07. The monoisotopic (exact) mass is 184 g/mol. The summed E-state index contributed by atoms with van der Waals surface area (Å²) in [7, 11) is 0. The van der Waals surface area contributed by atoms with Crippen LogP contribution in [-0.2, 0) is 14.3 Å². The average Bonchev–Trinajstić information content (AvgIpc) is 1.96. The molecule has 0 aromatic carbocycles. The highest BCUT2D eigenvalue weighted by molar-refractivity contribution is 5.82. The van der Waals surface area contributed by atoms with Crippen molar-refractivity contribution in [2.75, 3.05) is 0 Å². The maximum Gasteiger partial charge on any atom is 0.316 e. The first-order valence-electron chi connectivity index (χ1n) is 4.14. The van der Waals surface area contributed by atoms with Gasteiger partial charge < -0.3 is 4.74 Å². The fourth-order valence-electron chi connectivity index (χ4n) is 0.497. The number of carbonyl (C=O) groups is 2. The topological polar surface area (TPSA) is 43.4 Å². The first kappa shape index (κ1) is 11.9. The van der Waals surface area contributed by atoms with Gasteiger partial charge in [0.2, 0.25) is 0 Å². The van der Waals surface area contributed by atoms with Gasteiger partial charge in [0.05, 0.1) is 5.41 Å². The smallest absolute Gasteiger partial charge is 0.316 e. The first-order valence-corrected chi connectivity index (χ1v) is 4.14. The van der Waals surface area contributed by atoms with E-state index in [4.69, 9.17) is 4.74 Å². The quantitative estimate of drug-likeness (QED) is 0.285. The second kappa shape index (κ2) is 4.21. The Labute approximate surface area is 78.8 Å². The fraction of sp³-hybridized carbons (Fsp3) is 0.600. The van der Waals surface area contributed by atoms with Crippen molar-refractivity contribution in [3.8, 4) is 0 Å². The van der Waals surface area contributed by atoms with Crippen LogP contribution in [0.15, 0.2) is 11.3 Å². The van der Waals surface area contributed by atoms with Crippen LogP contribution in [0.4, 0.5) is 0 Å². The molecule has 0 radical (unpaired) electrons. The van der Waals surface area contributed by atoms with Crippen LogP contribution < -0.4 is 0 Å². The van der Waals surface area contributed by atoms with Gasteiger partial charge in [-0.25, -0.2) is 0 Å². The fourth-order valence-corrected chi connectivity index (χ4v) is 0.497. The van der Waals surface area contributed by atoms with E-state index in [2.05, 4.69) is 0 Å². The number of esters is 1. The van der Waals surface area contributed by atoms with Gasteiger partial charge in [-0.2, -0.15) is 0 Å². The Morgan fingerprint density at radius 3 is 1.92 bits per heavy atom. The molecular formula is C10H16O3. The largest absolute Gasteiger partial charge is 0.423 e. The molecule has 0 heterocycles. The highest BCUT2D eigenvalue weighted by atomic mass is 16.5. The molecular weight excluding hydrogens is 168 g/mol. The Hall–Kier alpha value is -1.12. The summed E-state index contributed by atoms with van der Waals surface area (Å²) in [5.41, 5.74) is 0.122. The van der Waals surface area contributed by atoms with E-state index in [-0.39, 0.29) is 5.76 Å². The normalized spacial score (nSPS) is 10.5. The van der Waals surface area contributed by atoms with Crippen molar-refractivity contribution in [3.05, 3.63) is 11.3 Å². The van der Waals surface area contributed by atoms with Gasteiger partial charge in [-0.05, 0) is 40.2 Å². The molecule has 13 heavy (non-hydrogen) atoms. The Balaban J connectivity index is 4.55. The third-order valence-electron chi connectivity index (χ3n) is 1.41. The van der Waals surface area contributed by atoms with Gasteiger partial charge in [0.25, 0.3) is 0 Å². The number of ether oxygens (including phenoxy) is 1. The SMILES string of the molecule is CC(C)=C(C=O)OC(=O)C(C)(C)C. The van der Waals surface area contributed by atoms with E-state index in [1.54, 1.807) is 34.6 Å². The third kappa shape index (κ3) is 3.87. The molecule has 0 rings (SSSR count). The Morgan fingerprint density at radius 1 is 1.23 bits per heavy atom. The zero-order chi connectivity index (χ0) is 10.6. The van der Waals surface area contributed by atoms with Crippen LogP contribution in [0, 0.1) is 5.41 Å². The van der Waals surface area contributed by atoms with E-state index in [0.29, 0.717) is 11.9 Å². The molecule has 0 unspecified atom stereocenters. The van der Waals surface area contributed by atoms with Crippen LogP contribution in [0.5, 0.6) is 0 Å². The van der Waals surface area contributed by atoms with Crippen LogP contribution in [0.1, 0.15) is 34.6 Å². The summed E-state index contributed by atoms with van der Waals surface area (Å²) < 4.78 is 4.90. The molecule has 0 saturated carbocycles. The number of aldehydes is 1.